The number of piperazine rings is 1. The van der Waals surface area contributed by atoms with Crippen LogP contribution >= 0.6 is 15.9 Å². The van der Waals surface area contributed by atoms with Crippen LogP contribution in [0.2, 0.25) is 0 Å². The van der Waals surface area contributed by atoms with E-state index in [-0.39, 0.29) is 5.91 Å². The highest BCUT2D eigenvalue weighted by Crippen LogP contribution is 2.19. The van der Waals surface area contributed by atoms with Crippen LogP contribution < -0.4 is 4.90 Å². The Bertz CT molecular complexity index is 992. The molecule has 0 bridgehead atoms. The molecule has 0 aliphatic carbocycles. The molecule has 1 aliphatic heterocycles. The molecule has 0 saturated carbocycles. The Kier molecular flexibility index (Phi) is 5.13. The monoisotopic (exact) mass is 440 g/mol. The lowest BCUT2D eigenvalue weighted by atomic mass is 10.2. The number of rotatable bonds is 3. The van der Waals surface area contributed by atoms with E-state index in [9.17, 15) is 4.79 Å². The van der Waals surface area contributed by atoms with Gasteiger partial charge in [-0.25, -0.2) is 14.6 Å². The minimum atomic E-state index is 0.0677. The van der Waals surface area contributed by atoms with Gasteiger partial charge in [-0.1, -0.05) is 15.9 Å². The Morgan fingerprint density at radius 3 is 2.29 bits per heavy atom. The van der Waals surface area contributed by atoms with Crippen LogP contribution in [0.25, 0.3) is 5.82 Å². The Morgan fingerprint density at radius 1 is 0.964 bits per heavy atom. The van der Waals surface area contributed by atoms with Gasteiger partial charge in [0, 0.05) is 48.0 Å². The lowest BCUT2D eigenvalue weighted by molar-refractivity contribution is 0.0746. The Labute approximate surface area is 172 Å². The number of aryl methyl sites for hydroxylation is 2. The van der Waals surface area contributed by atoms with Crippen LogP contribution in [0.3, 0.4) is 0 Å². The van der Waals surface area contributed by atoms with Crippen molar-refractivity contribution in [1.82, 2.24) is 24.6 Å². The molecule has 1 amide bonds. The fourth-order valence-corrected chi connectivity index (χ4v) is 3.66. The highest BCUT2D eigenvalue weighted by Gasteiger charge is 2.23. The molecule has 7 nitrogen and oxygen atoms in total. The van der Waals surface area contributed by atoms with Crippen molar-refractivity contribution in [2.24, 2.45) is 0 Å². The highest BCUT2D eigenvalue weighted by molar-refractivity contribution is 9.10. The summed E-state index contributed by atoms with van der Waals surface area (Å²) in [5, 5.41) is 4.49. The number of carbonyl (C=O) groups excluding carboxylic acids is 1. The summed E-state index contributed by atoms with van der Waals surface area (Å²) >= 11 is 3.40. The summed E-state index contributed by atoms with van der Waals surface area (Å²) < 4.78 is 2.80. The van der Waals surface area contributed by atoms with Gasteiger partial charge in [-0.05, 0) is 44.2 Å². The molecule has 3 aromatic rings. The zero-order valence-electron chi connectivity index (χ0n) is 15.8. The molecule has 1 fully saturated rings. The Hall–Kier alpha value is -2.74. The molecule has 0 unspecified atom stereocenters. The van der Waals surface area contributed by atoms with Crippen molar-refractivity contribution in [3.63, 3.8) is 0 Å². The fourth-order valence-electron chi connectivity index (χ4n) is 3.40. The van der Waals surface area contributed by atoms with Crippen LogP contribution in [0.15, 0.2) is 47.2 Å². The summed E-state index contributed by atoms with van der Waals surface area (Å²) in [7, 11) is 0. The zero-order valence-corrected chi connectivity index (χ0v) is 17.4. The summed E-state index contributed by atoms with van der Waals surface area (Å²) in [6, 6.07) is 11.5. The molecule has 1 aromatic carbocycles. The number of halogens is 1. The standard InChI is InChI=1S/C20H21BrN6O/c1-14-11-15(2)27(24-14)19-12-18(22-13-23-19)25-7-9-26(10-8-25)20(28)16-3-5-17(21)6-4-16/h3-6,11-13H,7-10H2,1-2H3. The lowest BCUT2D eigenvalue weighted by Crippen LogP contribution is -2.49. The molecule has 0 radical (unpaired) electrons. The highest BCUT2D eigenvalue weighted by atomic mass is 79.9. The van der Waals surface area contributed by atoms with Crippen LogP contribution in [0.4, 0.5) is 5.82 Å². The molecular formula is C20H21BrN6O. The summed E-state index contributed by atoms with van der Waals surface area (Å²) in [6.45, 7) is 6.76. The number of amides is 1. The van der Waals surface area contributed by atoms with Gasteiger partial charge in [-0.3, -0.25) is 4.79 Å². The second kappa shape index (κ2) is 7.71. The Balaban J connectivity index is 1.45. The molecular weight excluding hydrogens is 420 g/mol. The largest absolute Gasteiger partial charge is 0.353 e. The van der Waals surface area contributed by atoms with E-state index in [4.69, 9.17) is 0 Å². The first kappa shape index (κ1) is 18.6. The maximum absolute atomic E-state index is 12.7. The molecule has 3 heterocycles. The summed E-state index contributed by atoms with van der Waals surface area (Å²) in [5.74, 6) is 1.68. The van der Waals surface area contributed by atoms with Crippen molar-refractivity contribution in [3.8, 4) is 5.82 Å². The van der Waals surface area contributed by atoms with Crippen molar-refractivity contribution >= 4 is 27.7 Å². The van der Waals surface area contributed by atoms with Gasteiger partial charge in [0.15, 0.2) is 5.82 Å². The van der Waals surface area contributed by atoms with Gasteiger partial charge >= 0.3 is 0 Å². The van der Waals surface area contributed by atoms with Crippen molar-refractivity contribution in [3.05, 3.63) is 64.1 Å². The number of hydrogen-bond donors (Lipinski definition) is 0. The van der Waals surface area contributed by atoms with Gasteiger partial charge in [0.2, 0.25) is 0 Å². The van der Waals surface area contributed by atoms with E-state index < -0.39 is 0 Å². The summed E-state index contributed by atoms with van der Waals surface area (Å²) in [5.41, 5.74) is 2.70. The number of anilines is 1. The van der Waals surface area contributed by atoms with Gasteiger partial charge in [0.25, 0.3) is 5.91 Å². The lowest BCUT2D eigenvalue weighted by Gasteiger charge is -2.35. The molecule has 8 heteroatoms. The van der Waals surface area contributed by atoms with E-state index in [0.29, 0.717) is 18.7 Å². The topological polar surface area (TPSA) is 67.2 Å². The minimum Gasteiger partial charge on any atom is -0.353 e. The SMILES string of the molecule is Cc1cc(C)n(-c2cc(N3CCN(C(=O)c4ccc(Br)cc4)CC3)ncn2)n1. The average molecular weight is 441 g/mol. The number of aromatic nitrogens is 4. The van der Waals surface area contributed by atoms with E-state index in [1.54, 1.807) is 6.33 Å². The summed E-state index contributed by atoms with van der Waals surface area (Å²) in [4.78, 5) is 25.6. The quantitative estimate of drug-likeness (QED) is 0.625. The Morgan fingerprint density at radius 2 is 1.64 bits per heavy atom. The van der Waals surface area contributed by atoms with Crippen LogP contribution in [-0.2, 0) is 0 Å². The van der Waals surface area contributed by atoms with Crippen molar-refractivity contribution in [2.75, 3.05) is 31.1 Å². The van der Waals surface area contributed by atoms with E-state index in [1.165, 1.54) is 0 Å². The number of nitrogens with zero attached hydrogens (tertiary/aromatic N) is 6. The third-order valence-electron chi connectivity index (χ3n) is 4.85. The average Bonchev–Trinajstić information content (AvgIpc) is 3.06. The van der Waals surface area contributed by atoms with E-state index in [0.717, 1.165) is 40.6 Å². The van der Waals surface area contributed by atoms with Crippen LogP contribution in [0.1, 0.15) is 21.7 Å². The van der Waals surface area contributed by atoms with E-state index in [2.05, 4.69) is 35.9 Å². The first-order chi connectivity index (χ1) is 13.5. The van der Waals surface area contributed by atoms with Crippen LogP contribution in [0, 0.1) is 13.8 Å². The zero-order chi connectivity index (χ0) is 19.7. The molecule has 0 N–H and O–H groups in total. The first-order valence-corrected chi connectivity index (χ1v) is 9.96. The van der Waals surface area contributed by atoms with E-state index in [1.807, 2.05) is 59.8 Å². The van der Waals surface area contributed by atoms with Gasteiger partial charge in [0.05, 0.1) is 5.69 Å². The number of hydrogen-bond acceptors (Lipinski definition) is 5. The molecule has 28 heavy (non-hydrogen) atoms. The maximum atomic E-state index is 12.7. The molecule has 1 aliphatic rings. The smallest absolute Gasteiger partial charge is 0.253 e. The first-order valence-electron chi connectivity index (χ1n) is 9.17. The van der Waals surface area contributed by atoms with Gasteiger partial charge < -0.3 is 9.80 Å². The molecule has 4 rings (SSSR count). The van der Waals surface area contributed by atoms with Gasteiger partial charge in [-0.15, -0.1) is 0 Å². The van der Waals surface area contributed by atoms with Crippen molar-refractivity contribution < 1.29 is 4.79 Å². The van der Waals surface area contributed by atoms with Crippen molar-refractivity contribution in [2.45, 2.75) is 13.8 Å². The van der Waals surface area contributed by atoms with Gasteiger partial charge in [0.1, 0.15) is 12.1 Å². The third-order valence-corrected chi connectivity index (χ3v) is 5.38. The predicted molar refractivity (Wildman–Crippen MR) is 111 cm³/mol. The maximum Gasteiger partial charge on any atom is 0.253 e. The van der Waals surface area contributed by atoms with Crippen LogP contribution in [-0.4, -0.2) is 56.7 Å². The predicted octanol–water partition coefficient (Wildman–Crippen LogP) is 3.00. The number of carbonyl (C=O) groups is 1. The third kappa shape index (κ3) is 3.77. The number of benzene rings is 1. The van der Waals surface area contributed by atoms with E-state index >= 15 is 0 Å². The molecule has 0 spiro atoms. The second-order valence-electron chi connectivity index (χ2n) is 6.86. The molecule has 0 atom stereocenters. The molecule has 144 valence electrons. The van der Waals surface area contributed by atoms with Crippen molar-refractivity contribution in [1.29, 1.82) is 0 Å². The fraction of sp³-hybridized carbons (Fsp3) is 0.300. The molecule has 1 saturated heterocycles. The minimum absolute atomic E-state index is 0.0677. The van der Waals surface area contributed by atoms with Crippen LogP contribution in [0.5, 0.6) is 0 Å². The molecule has 2 aromatic heterocycles. The summed E-state index contributed by atoms with van der Waals surface area (Å²) in [6.07, 6.45) is 1.57. The van der Waals surface area contributed by atoms with Gasteiger partial charge in [-0.2, -0.15) is 5.10 Å². The second-order valence-corrected chi connectivity index (χ2v) is 7.78. The normalized spacial score (nSPS) is 14.4.